The zero-order valence-corrected chi connectivity index (χ0v) is 35.9. The van der Waals surface area contributed by atoms with E-state index in [1.165, 1.54) is 88.1 Å². The molecule has 0 unspecified atom stereocenters. The number of benzene rings is 6. The van der Waals surface area contributed by atoms with Crippen molar-refractivity contribution in [1.82, 2.24) is 9.13 Å². The topological polar surface area (TPSA) is 9.86 Å². The Hall–Kier alpha value is -5.08. The number of fused-ring (bicyclic) bond motifs is 13. The second kappa shape index (κ2) is 21.0. The normalized spacial score (nSPS) is 10.6. The molecule has 0 saturated heterocycles. The van der Waals surface area contributed by atoms with Crippen molar-refractivity contribution in [1.29, 1.82) is 0 Å². The van der Waals surface area contributed by atoms with Crippen LogP contribution in [0.3, 0.4) is 0 Å². The summed E-state index contributed by atoms with van der Waals surface area (Å²) in [7, 11) is 4.33. The van der Waals surface area contributed by atoms with Crippen LogP contribution in [0.1, 0.15) is 105 Å². The van der Waals surface area contributed by atoms with Gasteiger partial charge in [0.25, 0.3) is 0 Å². The van der Waals surface area contributed by atoms with Gasteiger partial charge in [0.05, 0.1) is 0 Å². The summed E-state index contributed by atoms with van der Waals surface area (Å²) in [5, 5.41) is 5.52. The highest BCUT2D eigenvalue weighted by atomic mass is 14.9. The third kappa shape index (κ3) is 7.90. The van der Waals surface area contributed by atoms with Crippen LogP contribution < -0.4 is 0 Å². The fraction of sp³-hybridized carbons (Fsp3) is 0.308. The number of hydrogen-bond acceptors (Lipinski definition) is 0. The molecule has 6 aromatic carbocycles. The molecule has 10 rings (SSSR count). The minimum Gasteiger partial charge on any atom is -0.344 e. The Kier molecular flexibility index (Phi) is 16.8. The highest BCUT2D eigenvalue weighted by Crippen LogP contribution is 2.43. The van der Waals surface area contributed by atoms with Crippen LogP contribution in [0.4, 0.5) is 0 Å². The highest BCUT2D eigenvalue weighted by Gasteiger charge is 2.23. The van der Waals surface area contributed by atoms with E-state index in [0.29, 0.717) is 0 Å². The Balaban J connectivity index is 0.000000228. The van der Waals surface area contributed by atoms with Gasteiger partial charge in [-0.2, -0.15) is 0 Å². The minimum atomic E-state index is 1.05. The van der Waals surface area contributed by atoms with Gasteiger partial charge in [0.15, 0.2) is 0 Å². The number of nitrogens with zero attached hydrogens (tertiary/aromatic N) is 2. The molecule has 54 heavy (non-hydrogen) atoms. The zero-order chi connectivity index (χ0) is 39.9. The zero-order valence-electron chi connectivity index (χ0n) is 35.9. The van der Waals surface area contributed by atoms with Crippen molar-refractivity contribution >= 4 is 43.6 Å². The molecular formula is C52H66N2. The molecule has 2 heterocycles. The van der Waals surface area contributed by atoms with Crippen LogP contribution in [-0.2, 0) is 26.9 Å². The summed E-state index contributed by atoms with van der Waals surface area (Å²) in [5.74, 6) is 0. The molecule has 2 heteroatoms. The van der Waals surface area contributed by atoms with E-state index >= 15 is 0 Å². The molecular weight excluding hydrogens is 653 g/mol. The number of aromatic nitrogens is 2. The van der Waals surface area contributed by atoms with Gasteiger partial charge in [-0.05, 0) is 87.7 Å². The molecule has 0 atom stereocenters. The molecule has 0 bridgehead atoms. The predicted molar refractivity (Wildman–Crippen MR) is 245 cm³/mol. The van der Waals surface area contributed by atoms with E-state index in [1.54, 1.807) is 0 Å². The molecule has 8 aromatic rings. The summed E-state index contributed by atoms with van der Waals surface area (Å²) in [6.45, 7) is 24.0. The first-order chi connectivity index (χ1) is 26.7. The first kappa shape index (κ1) is 43.3. The molecule has 2 aromatic heterocycles. The van der Waals surface area contributed by atoms with Gasteiger partial charge in [0, 0.05) is 57.7 Å². The third-order valence-electron chi connectivity index (χ3n) is 9.69. The molecule has 284 valence electrons. The summed E-state index contributed by atoms with van der Waals surface area (Å²) in [5.41, 5.74) is 16.8. The van der Waals surface area contributed by atoms with Crippen molar-refractivity contribution < 1.29 is 0 Å². The lowest BCUT2D eigenvalue weighted by Crippen LogP contribution is -1.88. The average Bonchev–Trinajstić information content (AvgIpc) is 4.00. The minimum absolute atomic E-state index is 1.05. The smallest absolute Gasteiger partial charge is 0.0492 e. The summed E-state index contributed by atoms with van der Waals surface area (Å²) < 4.78 is 4.63. The van der Waals surface area contributed by atoms with Crippen molar-refractivity contribution in [3.05, 3.63) is 144 Å². The Morgan fingerprint density at radius 2 is 0.796 bits per heavy atom. The Labute approximate surface area is 327 Å². The molecule has 0 spiro atoms. The molecule has 0 amide bonds. The van der Waals surface area contributed by atoms with Crippen molar-refractivity contribution in [3.8, 4) is 22.3 Å². The van der Waals surface area contributed by atoms with Crippen LogP contribution >= 0.6 is 0 Å². The van der Waals surface area contributed by atoms with Gasteiger partial charge < -0.3 is 9.13 Å². The number of aryl methyl sites for hydroxylation is 2. The maximum Gasteiger partial charge on any atom is 0.0492 e. The summed E-state index contributed by atoms with van der Waals surface area (Å²) in [6.07, 6.45) is 2.11. The molecule has 2 aliphatic rings. The van der Waals surface area contributed by atoms with Gasteiger partial charge in [0.2, 0.25) is 0 Å². The summed E-state index contributed by atoms with van der Waals surface area (Å²) in [4.78, 5) is 0. The molecule has 0 aliphatic heterocycles. The standard InChI is InChI=1S/2C20H15N.6C2H6/c1-21-19-9-5-4-8-16(19)18-12-17-14(11-20(18)21)10-13-6-2-3-7-15(13)17;1-21-18-9-5-4-8-16(18)20-17-12-13-6-2-3-7-14(13)15(17)10-11-19(20)21;6*1-2/h2-9,11-12H,10H2,1H3;2-11H,12H2,1H3;6*1-2H3. The SMILES string of the molecule is CC.CC.CC.CC.CC.CC.Cn1c2ccccc2c2c3c(ccc21)-c1ccccc1C3.Cn1c2ccccc2c2cc3c(cc21)Cc1ccccc1-3. The maximum atomic E-state index is 2.39. The second-order valence-electron chi connectivity index (χ2n) is 11.8. The predicted octanol–water partition coefficient (Wildman–Crippen LogP) is 16.0. The third-order valence-corrected chi connectivity index (χ3v) is 9.69. The quantitative estimate of drug-likeness (QED) is 0.148. The van der Waals surface area contributed by atoms with Gasteiger partial charge in [0.1, 0.15) is 0 Å². The maximum absolute atomic E-state index is 2.39. The van der Waals surface area contributed by atoms with Crippen LogP contribution in [0.5, 0.6) is 0 Å². The van der Waals surface area contributed by atoms with Gasteiger partial charge in [-0.3, -0.25) is 0 Å². The van der Waals surface area contributed by atoms with Crippen LogP contribution in [0.15, 0.2) is 121 Å². The van der Waals surface area contributed by atoms with E-state index in [2.05, 4.69) is 145 Å². The number of para-hydroxylation sites is 2. The first-order valence-electron chi connectivity index (χ1n) is 20.8. The van der Waals surface area contributed by atoms with Crippen molar-refractivity contribution in [2.24, 2.45) is 14.1 Å². The van der Waals surface area contributed by atoms with Gasteiger partial charge >= 0.3 is 0 Å². The van der Waals surface area contributed by atoms with Crippen molar-refractivity contribution in [3.63, 3.8) is 0 Å². The van der Waals surface area contributed by atoms with E-state index in [-0.39, 0.29) is 0 Å². The Morgan fingerprint density at radius 3 is 1.41 bits per heavy atom. The first-order valence-corrected chi connectivity index (χ1v) is 20.8. The molecule has 2 nitrogen and oxygen atoms in total. The van der Waals surface area contributed by atoms with Crippen LogP contribution in [0.25, 0.3) is 65.9 Å². The summed E-state index contributed by atoms with van der Waals surface area (Å²) >= 11 is 0. The fourth-order valence-corrected chi connectivity index (χ4v) is 7.67. The fourth-order valence-electron chi connectivity index (χ4n) is 7.67. The molecule has 0 saturated carbocycles. The molecule has 0 fully saturated rings. The number of hydrogen-bond donors (Lipinski definition) is 0. The van der Waals surface area contributed by atoms with Crippen LogP contribution in [-0.4, -0.2) is 9.13 Å². The van der Waals surface area contributed by atoms with Crippen molar-refractivity contribution in [2.75, 3.05) is 0 Å². The van der Waals surface area contributed by atoms with E-state index in [0.717, 1.165) is 12.8 Å². The average molecular weight is 719 g/mol. The van der Waals surface area contributed by atoms with Crippen LogP contribution in [0, 0.1) is 0 Å². The second-order valence-corrected chi connectivity index (χ2v) is 11.8. The van der Waals surface area contributed by atoms with E-state index < -0.39 is 0 Å². The van der Waals surface area contributed by atoms with Gasteiger partial charge in [-0.25, -0.2) is 0 Å². The molecule has 0 radical (unpaired) electrons. The van der Waals surface area contributed by atoms with Crippen LogP contribution in [0.2, 0.25) is 0 Å². The number of rotatable bonds is 0. The molecule has 2 aliphatic carbocycles. The summed E-state index contributed by atoms with van der Waals surface area (Å²) in [6, 6.07) is 44.3. The van der Waals surface area contributed by atoms with E-state index in [9.17, 15) is 0 Å². The monoisotopic (exact) mass is 719 g/mol. The Bertz CT molecular complexity index is 2370. The Morgan fingerprint density at radius 1 is 0.333 bits per heavy atom. The molecule has 0 N–H and O–H groups in total. The van der Waals surface area contributed by atoms with Gasteiger partial charge in [-0.1, -0.05) is 174 Å². The lowest BCUT2D eigenvalue weighted by atomic mass is 10.0. The lowest BCUT2D eigenvalue weighted by molar-refractivity contribution is 1.01. The highest BCUT2D eigenvalue weighted by molar-refractivity contribution is 6.13. The van der Waals surface area contributed by atoms with E-state index in [4.69, 9.17) is 0 Å². The van der Waals surface area contributed by atoms with Crippen molar-refractivity contribution in [2.45, 2.75) is 95.9 Å². The largest absolute Gasteiger partial charge is 0.344 e. The lowest BCUT2D eigenvalue weighted by Gasteiger charge is -2.03. The van der Waals surface area contributed by atoms with Gasteiger partial charge in [-0.15, -0.1) is 0 Å². The van der Waals surface area contributed by atoms with E-state index in [1.807, 2.05) is 83.1 Å².